The smallest absolute Gasteiger partial charge is 0.414 e. The summed E-state index contributed by atoms with van der Waals surface area (Å²) in [5.74, 6) is -0.308. The van der Waals surface area contributed by atoms with Crippen LogP contribution in [0.5, 0.6) is 0 Å². The van der Waals surface area contributed by atoms with E-state index in [4.69, 9.17) is 10.5 Å². The molecule has 1 aromatic rings. The van der Waals surface area contributed by atoms with Crippen molar-refractivity contribution >= 4 is 30.1 Å². The summed E-state index contributed by atoms with van der Waals surface area (Å²) in [6.07, 6.45) is 1.36. The van der Waals surface area contributed by atoms with Crippen molar-refractivity contribution in [1.29, 1.82) is 0 Å². The number of nitrogens with two attached hydrogens (primary N) is 1. The van der Waals surface area contributed by atoms with Crippen molar-refractivity contribution in [3.63, 3.8) is 0 Å². The number of rotatable bonds is 3. The first-order valence-electron chi connectivity index (χ1n) is 7.61. The van der Waals surface area contributed by atoms with E-state index in [1.807, 2.05) is 30.0 Å². The van der Waals surface area contributed by atoms with Crippen molar-refractivity contribution in [2.45, 2.75) is 32.4 Å². The molecule has 0 atom stereocenters. The third kappa shape index (κ3) is 3.59. The lowest BCUT2D eigenvalue weighted by molar-refractivity contribution is -0.119. The summed E-state index contributed by atoms with van der Waals surface area (Å²) in [6, 6.07) is 6.12. The summed E-state index contributed by atoms with van der Waals surface area (Å²) in [4.78, 5) is 27.1. The summed E-state index contributed by atoms with van der Waals surface area (Å²) in [5.41, 5.74) is 8.38. The van der Waals surface area contributed by atoms with Gasteiger partial charge in [-0.2, -0.15) is 0 Å². The van der Waals surface area contributed by atoms with E-state index >= 15 is 0 Å². The normalized spacial score (nSPS) is 18.8. The van der Waals surface area contributed by atoms with E-state index in [0.29, 0.717) is 6.61 Å². The van der Waals surface area contributed by atoms with Gasteiger partial charge in [-0.05, 0) is 25.3 Å². The highest BCUT2D eigenvalue weighted by molar-refractivity contribution is 5.92. The highest BCUT2D eigenvalue weighted by atomic mass is 35.5. The van der Waals surface area contributed by atoms with Crippen LogP contribution in [-0.2, 0) is 16.1 Å². The number of carbonyl (C=O) groups excluding carboxylic acids is 2. The maximum absolute atomic E-state index is 12.3. The number of piperidine rings is 1. The summed E-state index contributed by atoms with van der Waals surface area (Å²) in [6.45, 7) is 4.17. The lowest BCUT2D eigenvalue weighted by Gasteiger charge is -2.40. The summed E-state index contributed by atoms with van der Waals surface area (Å²) in [7, 11) is 0. The van der Waals surface area contributed by atoms with Gasteiger partial charge in [0.2, 0.25) is 5.91 Å². The Morgan fingerprint density at radius 2 is 2.04 bits per heavy atom. The zero-order valence-electron chi connectivity index (χ0n) is 13.2. The van der Waals surface area contributed by atoms with Gasteiger partial charge in [0.1, 0.15) is 6.61 Å². The Hall–Kier alpha value is -1.79. The van der Waals surface area contributed by atoms with Gasteiger partial charge in [-0.15, -0.1) is 12.4 Å². The molecule has 2 amide bonds. The number of halogens is 1. The van der Waals surface area contributed by atoms with Crippen molar-refractivity contribution in [2.24, 2.45) is 5.73 Å². The van der Waals surface area contributed by atoms with Gasteiger partial charge >= 0.3 is 6.09 Å². The maximum atomic E-state index is 12.3. The molecular weight excluding hydrogens is 318 g/mol. The van der Waals surface area contributed by atoms with Crippen LogP contribution >= 0.6 is 12.4 Å². The molecule has 3 rings (SSSR count). The second-order valence-corrected chi connectivity index (χ2v) is 5.98. The molecule has 0 bridgehead atoms. The minimum Gasteiger partial charge on any atom is -0.444 e. The SMILES string of the molecule is Cc1cccc2c1N(C1CCN(CC(N)=O)CC1)C(=O)OC2.Cl. The van der Waals surface area contributed by atoms with E-state index in [1.165, 1.54) is 0 Å². The second-order valence-electron chi connectivity index (χ2n) is 5.98. The van der Waals surface area contributed by atoms with Crippen LogP contribution in [0, 0.1) is 6.92 Å². The van der Waals surface area contributed by atoms with Gasteiger partial charge in [-0.1, -0.05) is 18.2 Å². The Labute approximate surface area is 142 Å². The van der Waals surface area contributed by atoms with Gasteiger partial charge < -0.3 is 10.5 Å². The van der Waals surface area contributed by atoms with Crippen LogP contribution in [0.2, 0.25) is 0 Å². The molecule has 6 nitrogen and oxygen atoms in total. The number of aryl methyl sites for hydroxylation is 1. The average Bonchev–Trinajstić information content (AvgIpc) is 2.48. The monoisotopic (exact) mass is 339 g/mol. The van der Waals surface area contributed by atoms with E-state index < -0.39 is 0 Å². The van der Waals surface area contributed by atoms with Gasteiger partial charge in [-0.25, -0.2) is 4.79 Å². The number of hydrogen-bond donors (Lipinski definition) is 1. The molecule has 2 N–H and O–H groups in total. The number of para-hydroxylation sites is 1. The Kier molecular flexibility index (Phi) is 5.49. The van der Waals surface area contributed by atoms with E-state index in [0.717, 1.165) is 42.7 Å². The Morgan fingerprint density at radius 1 is 1.35 bits per heavy atom. The van der Waals surface area contributed by atoms with Crippen molar-refractivity contribution in [2.75, 3.05) is 24.5 Å². The molecular formula is C16H22ClN3O3. The van der Waals surface area contributed by atoms with Gasteiger partial charge in [0.15, 0.2) is 0 Å². The number of benzene rings is 1. The number of nitrogens with zero attached hydrogens (tertiary/aromatic N) is 2. The van der Waals surface area contributed by atoms with Crippen molar-refractivity contribution in [3.8, 4) is 0 Å². The fourth-order valence-electron chi connectivity index (χ4n) is 3.37. The molecule has 0 aromatic heterocycles. The number of hydrogen-bond acceptors (Lipinski definition) is 4. The van der Waals surface area contributed by atoms with Crippen LogP contribution in [0.4, 0.5) is 10.5 Å². The molecule has 2 aliphatic heterocycles. The minimum absolute atomic E-state index is 0. The van der Waals surface area contributed by atoms with Crippen LogP contribution in [0.15, 0.2) is 18.2 Å². The van der Waals surface area contributed by atoms with Crippen LogP contribution in [0.25, 0.3) is 0 Å². The molecule has 1 aromatic carbocycles. The highest BCUT2D eigenvalue weighted by Crippen LogP contribution is 2.34. The predicted molar refractivity (Wildman–Crippen MR) is 89.7 cm³/mol. The quantitative estimate of drug-likeness (QED) is 0.911. The van der Waals surface area contributed by atoms with E-state index in [-0.39, 0.29) is 37.0 Å². The number of fused-ring (bicyclic) bond motifs is 1. The second kappa shape index (κ2) is 7.19. The standard InChI is InChI=1S/C16H21N3O3.ClH/c1-11-3-2-4-12-10-22-16(21)19(15(11)12)13-5-7-18(8-6-13)9-14(17)20;/h2-4,13H,5-10H2,1H3,(H2,17,20);1H. The molecule has 0 saturated carbocycles. The van der Waals surface area contributed by atoms with Gasteiger partial charge in [-0.3, -0.25) is 14.6 Å². The highest BCUT2D eigenvalue weighted by Gasteiger charge is 2.35. The van der Waals surface area contributed by atoms with Gasteiger partial charge in [0, 0.05) is 24.7 Å². The molecule has 2 heterocycles. The first-order chi connectivity index (χ1) is 10.6. The molecule has 1 saturated heterocycles. The van der Waals surface area contributed by atoms with Crippen LogP contribution in [0.3, 0.4) is 0 Å². The Morgan fingerprint density at radius 3 is 2.70 bits per heavy atom. The summed E-state index contributed by atoms with van der Waals surface area (Å²) in [5, 5.41) is 0. The Balaban J connectivity index is 0.00000192. The molecule has 1 fully saturated rings. The average molecular weight is 340 g/mol. The number of carbonyl (C=O) groups is 2. The first-order valence-corrected chi connectivity index (χ1v) is 7.61. The molecule has 23 heavy (non-hydrogen) atoms. The summed E-state index contributed by atoms with van der Waals surface area (Å²) >= 11 is 0. The molecule has 0 radical (unpaired) electrons. The Bertz CT molecular complexity index is 600. The lowest BCUT2D eigenvalue weighted by Crippen LogP contribution is -2.50. The molecule has 7 heteroatoms. The predicted octanol–water partition coefficient (Wildman–Crippen LogP) is 1.82. The maximum Gasteiger partial charge on any atom is 0.414 e. The first kappa shape index (κ1) is 17.6. The number of amides is 2. The molecule has 0 aliphatic carbocycles. The van der Waals surface area contributed by atoms with Crippen molar-refractivity contribution in [3.05, 3.63) is 29.3 Å². The zero-order valence-corrected chi connectivity index (χ0v) is 14.0. The molecule has 0 spiro atoms. The van der Waals surface area contributed by atoms with Gasteiger partial charge in [0.05, 0.1) is 12.2 Å². The lowest BCUT2D eigenvalue weighted by atomic mass is 9.99. The number of primary amides is 1. The fraction of sp³-hybridized carbons (Fsp3) is 0.500. The zero-order chi connectivity index (χ0) is 15.7. The molecule has 126 valence electrons. The topological polar surface area (TPSA) is 75.9 Å². The molecule has 2 aliphatic rings. The largest absolute Gasteiger partial charge is 0.444 e. The van der Waals surface area contributed by atoms with E-state index in [1.54, 1.807) is 4.90 Å². The number of cyclic esters (lactones) is 1. The van der Waals surface area contributed by atoms with Crippen molar-refractivity contribution in [1.82, 2.24) is 4.90 Å². The fourth-order valence-corrected chi connectivity index (χ4v) is 3.37. The number of ether oxygens (including phenoxy) is 1. The van der Waals surface area contributed by atoms with Gasteiger partial charge in [0.25, 0.3) is 0 Å². The minimum atomic E-state index is -0.308. The van der Waals surface area contributed by atoms with E-state index in [9.17, 15) is 9.59 Å². The van der Waals surface area contributed by atoms with Crippen LogP contribution in [0.1, 0.15) is 24.0 Å². The number of anilines is 1. The van der Waals surface area contributed by atoms with Crippen LogP contribution < -0.4 is 10.6 Å². The van der Waals surface area contributed by atoms with Crippen LogP contribution in [-0.4, -0.2) is 42.6 Å². The van der Waals surface area contributed by atoms with E-state index in [2.05, 4.69) is 0 Å². The number of likely N-dealkylation sites (tertiary alicyclic amines) is 1. The third-order valence-electron chi connectivity index (χ3n) is 4.41. The van der Waals surface area contributed by atoms with Crippen molar-refractivity contribution < 1.29 is 14.3 Å². The third-order valence-corrected chi connectivity index (χ3v) is 4.41. The molecule has 0 unspecified atom stereocenters. The summed E-state index contributed by atoms with van der Waals surface area (Å²) < 4.78 is 5.32.